The van der Waals surface area contributed by atoms with E-state index in [0.29, 0.717) is 6.54 Å². The van der Waals surface area contributed by atoms with Crippen molar-refractivity contribution in [2.24, 2.45) is 0 Å². The van der Waals surface area contributed by atoms with Crippen LogP contribution in [0.4, 0.5) is 5.69 Å². The minimum Gasteiger partial charge on any atom is -0.457 e. The third-order valence-corrected chi connectivity index (χ3v) is 6.49. The summed E-state index contributed by atoms with van der Waals surface area (Å²) in [6.07, 6.45) is 0. The molecule has 0 radical (unpaired) electrons. The maximum absolute atomic E-state index is 12.7. The van der Waals surface area contributed by atoms with Crippen molar-refractivity contribution in [2.75, 3.05) is 38.0 Å². The zero-order valence-electron chi connectivity index (χ0n) is 20.3. The van der Waals surface area contributed by atoms with Gasteiger partial charge in [-0.1, -0.05) is 78.9 Å². The Labute approximate surface area is 212 Å². The summed E-state index contributed by atoms with van der Waals surface area (Å²) in [5.41, 5.74) is 3.37. The van der Waals surface area contributed by atoms with Crippen molar-refractivity contribution in [3.63, 3.8) is 0 Å². The van der Waals surface area contributed by atoms with Crippen molar-refractivity contribution in [2.45, 2.75) is 6.04 Å². The minimum atomic E-state index is 0.00264. The fourth-order valence-corrected chi connectivity index (χ4v) is 4.70. The van der Waals surface area contributed by atoms with Crippen LogP contribution >= 0.6 is 0 Å². The van der Waals surface area contributed by atoms with Gasteiger partial charge in [0.2, 0.25) is 5.91 Å². The van der Waals surface area contributed by atoms with Crippen LogP contribution in [0.3, 0.4) is 0 Å². The molecular weight excluding hydrogens is 446 g/mol. The van der Waals surface area contributed by atoms with Gasteiger partial charge in [-0.15, -0.1) is 0 Å². The fraction of sp³-hybridized carbons (Fsp3) is 0.194. The maximum atomic E-state index is 12.7. The predicted octanol–water partition coefficient (Wildman–Crippen LogP) is 5.82. The number of hydrogen-bond donors (Lipinski definition) is 1. The highest BCUT2D eigenvalue weighted by atomic mass is 16.5. The van der Waals surface area contributed by atoms with Gasteiger partial charge in [-0.3, -0.25) is 14.6 Å². The van der Waals surface area contributed by atoms with E-state index in [2.05, 4.69) is 75.8 Å². The van der Waals surface area contributed by atoms with E-state index in [1.54, 1.807) is 0 Å². The first-order valence-corrected chi connectivity index (χ1v) is 12.4. The van der Waals surface area contributed by atoms with Gasteiger partial charge in [0.15, 0.2) is 0 Å². The van der Waals surface area contributed by atoms with Crippen molar-refractivity contribution in [3.8, 4) is 11.5 Å². The molecule has 36 heavy (non-hydrogen) atoms. The van der Waals surface area contributed by atoms with Gasteiger partial charge in [-0.25, -0.2) is 0 Å². The zero-order valence-corrected chi connectivity index (χ0v) is 20.3. The fourth-order valence-electron chi connectivity index (χ4n) is 4.70. The Morgan fingerprint density at radius 2 is 1.17 bits per heavy atom. The minimum absolute atomic E-state index is 0.00264. The second-order valence-corrected chi connectivity index (χ2v) is 9.02. The van der Waals surface area contributed by atoms with Crippen LogP contribution in [0.25, 0.3) is 0 Å². The predicted molar refractivity (Wildman–Crippen MR) is 144 cm³/mol. The highest BCUT2D eigenvalue weighted by molar-refractivity contribution is 5.92. The van der Waals surface area contributed by atoms with Crippen molar-refractivity contribution >= 4 is 11.6 Å². The molecule has 182 valence electrons. The van der Waals surface area contributed by atoms with Crippen LogP contribution in [0.2, 0.25) is 0 Å². The van der Waals surface area contributed by atoms with E-state index >= 15 is 0 Å². The van der Waals surface area contributed by atoms with Crippen molar-refractivity contribution in [1.29, 1.82) is 0 Å². The molecule has 0 bridgehead atoms. The molecule has 1 aliphatic heterocycles. The Morgan fingerprint density at radius 3 is 1.72 bits per heavy atom. The van der Waals surface area contributed by atoms with Crippen LogP contribution in [0.1, 0.15) is 17.2 Å². The molecule has 0 atom stereocenters. The summed E-state index contributed by atoms with van der Waals surface area (Å²) in [7, 11) is 0. The average Bonchev–Trinajstić information content (AvgIpc) is 2.93. The number of anilines is 1. The number of carbonyl (C=O) groups is 1. The molecule has 1 heterocycles. The van der Waals surface area contributed by atoms with Crippen LogP contribution in [-0.2, 0) is 4.79 Å². The van der Waals surface area contributed by atoms with Gasteiger partial charge in [0, 0.05) is 31.9 Å². The second kappa shape index (κ2) is 11.7. The van der Waals surface area contributed by atoms with Gasteiger partial charge in [0.1, 0.15) is 11.5 Å². The van der Waals surface area contributed by atoms with Gasteiger partial charge in [-0.2, -0.15) is 0 Å². The Kier molecular flexibility index (Phi) is 7.71. The molecule has 1 N–H and O–H groups in total. The van der Waals surface area contributed by atoms with Gasteiger partial charge >= 0.3 is 0 Å². The van der Waals surface area contributed by atoms with Crippen molar-refractivity contribution in [3.05, 3.63) is 126 Å². The molecular formula is C31H31N3O2. The molecule has 5 rings (SSSR count). The van der Waals surface area contributed by atoms with E-state index in [0.717, 1.165) is 43.4 Å². The van der Waals surface area contributed by atoms with Gasteiger partial charge in [-0.05, 0) is 47.5 Å². The first-order chi connectivity index (χ1) is 17.7. The Bertz CT molecular complexity index is 1180. The Balaban J connectivity index is 1.14. The third-order valence-electron chi connectivity index (χ3n) is 6.49. The largest absolute Gasteiger partial charge is 0.457 e. The molecule has 5 nitrogen and oxygen atoms in total. The van der Waals surface area contributed by atoms with Crippen LogP contribution < -0.4 is 10.1 Å². The molecule has 4 aromatic rings. The van der Waals surface area contributed by atoms with Gasteiger partial charge in [0.25, 0.3) is 0 Å². The Morgan fingerprint density at radius 1 is 0.667 bits per heavy atom. The highest BCUT2D eigenvalue weighted by Gasteiger charge is 2.27. The standard InChI is InChI=1S/C31H31N3O2/c35-30(32-27-16-18-29(19-17-27)36-28-14-8-3-9-15-28)24-33-20-22-34(23-21-33)31(25-10-4-1-5-11-25)26-12-6-2-7-13-26/h1-19,31H,20-24H2,(H,32,35). The molecule has 0 aliphatic carbocycles. The first-order valence-electron chi connectivity index (χ1n) is 12.4. The van der Waals surface area contributed by atoms with Gasteiger partial charge < -0.3 is 10.1 Å². The number of amides is 1. The first kappa shape index (κ1) is 23.8. The summed E-state index contributed by atoms with van der Waals surface area (Å²) in [5.74, 6) is 1.53. The van der Waals surface area contributed by atoms with Crippen LogP contribution in [0.5, 0.6) is 11.5 Å². The second-order valence-electron chi connectivity index (χ2n) is 9.02. The molecule has 1 aliphatic rings. The monoisotopic (exact) mass is 477 g/mol. The molecule has 1 amide bonds. The molecule has 5 heteroatoms. The summed E-state index contributed by atoms with van der Waals surface area (Å²) < 4.78 is 5.83. The lowest BCUT2D eigenvalue weighted by atomic mass is 9.96. The highest BCUT2D eigenvalue weighted by Crippen LogP contribution is 2.29. The summed E-state index contributed by atoms with van der Waals surface area (Å²) >= 11 is 0. The van der Waals surface area contributed by atoms with E-state index in [9.17, 15) is 4.79 Å². The lowest BCUT2D eigenvalue weighted by Crippen LogP contribution is -2.49. The van der Waals surface area contributed by atoms with Gasteiger partial charge in [0.05, 0.1) is 12.6 Å². The molecule has 1 fully saturated rings. The number of benzene rings is 4. The van der Waals surface area contributed by atoms with Crippen LogP contribution in [0, 0.1) is 0 Å². The molecule has 0 unspecified atom stereocenters. The molecule has 0 saturated carbocycles. The smallest absolute Gasteiger partial charge is 0.238 e. The molecule has 1 saturated heterocycles. The quantitative estimate of drug-likeness (QED) is 0.347. The lowest BCUT2D eigenvalue weighted by molar-refractivity contribution is -0.117. The summed E-state index contributed by atoms with van der Waals surface area (Å²) in [6, 6.07) is 38.7. The molecule has 4 aromatic carbocycles. The van der Waals surface area contributed by atoms with E-state index in [1.165, 1.54) is 11.1 Å². The Hall–Kier alpha value is -3.93. The number of carbonyl (C=O) groups excluding carboxylic acids is 1. The molecule has 0 aromatic heterocycles. The van der Waals surface area contributed by atoms with Crippen LogP contribution in [0.15, 0.2) is 115 Å². The third kappa shape index (κ3) is 6.19. The summed E-state index contributed by atoms with van der Waals surface area (Å²) in [5, 5.41) is 3.02. The summed E-state index contributed by atoms with van der Waals surface area (Å²) in [4.78, 5) is 17.5. The van der Waals surface area contributed by atoms with Crippen molar-refractivity contribution in [1.82, 2.24) is 9.80 Å². The van der Waals surface area contributed by atoms with E-state index in [-0.39, 0.29) is 11.9 Å². The van der Waals surface area contributed by atoms with E-state index in [1.807, 2.05) is 54.6 Å². The zero-order chi connectivity index (χ0) is 24.6. The topological polar surface area (TPSA) is 44.8 Å². The molecule has 0 spiro atoms. The maximum Gasteiger partial charge on any atom is 0.238 e. The number of hydrogen-bond acceptors (Lipinski definition) is 4. The van der Waals surface area contributed by atoms with E-state index < -0.39 is 0 Å². The number of piperazine rings is 1. The lowest BCUT2D eigenvalue weighted by Gasteiger charge is -2.39. The normalized spacial score (nSPS) is 14.5. The average molecular weight is 478 g/mol. The van der Waals surface area contributed by atoms with Crippen LogP contribution in [-0.4, -0.2) is 48.4 Å². The number of ether oxygens (including phenoxy) is 1. The van der Waals surface area contributed by atoms with Crippen molar-refractivity contribution < 1.29 is 9.53 Å². The SMILES string of the molecule is O=C(CN1CCN(C(c2ccccc2)c2ccccc2)CC1)Nc1ccc(Oc2ccccc2)cc1. The number of nitrogens with zero attached hydrogens (tertiary/aromatic N) is 2. The number of nitrogens with one attached hydrogen (secondary N) is 1. The summed E-state index contributed by atoms with van der Waals surface area (Å²) in [6.45, 7) is 3.92. The van der Waals surface area contributed by atoms with E-state index in [4.69, 9.17) is 4.74 Å². The number of para-hydroxylation sites is 1. The number of rotatable bonds is 8.